The van der Waals surface area contributed by atoms with Gasteiger partial charge in [-0.2, -0.15) is 0 Å². The lowest BCUT2D eigenvalue weighted by molar-refractivity contribution is -0.134. The Morgan fingerprint density at radius 2 is 1.65 bits per heavy atom. The maximum absolute atomic E-state index is 14.5. The number of hydrogen-bond acceptors (Lipinski definition) is 3. The molecule has 0 aromatic heterocycles. The van der Waals surface area contributed by atoms with Gasteiger partial charge in [0.25, 0.3) is 5.91 Å². The van der Waals surface area contributed by atoms with Crippen molar-refractivity contribution in [2.24, 2.45) is 0 Å². The summed E-state index contributed by atoms with van der Waals surface area (Å²) in [6, 6.07) is 16.6. The lowest BCUT2D eigenvalue weighted by Crippen LogP contribution is -2.39. The first-order valence-electron chi connectivity index (χ1n) is 7.37. The van der Waals surface area contributed by atoms with Crippen LogP contribution in [0.5, 0.6) is 0 Å². The van der Waals surface area contributed by atoms with Crippen molar-refractivity contribution < 1.29 is 18.7 Å². The van der Waals surface area contributed by atoms with Crippen LogP contribution in [-0.2, 0) is 9.53 Å². The third kappa shape index (κ3) is 2.82. The number of imide groups is 1. The average Bonchev–Trinajstić information content (AvgIpc) is 2.89. The highest BCUT2D eigenvalue weighted by Gasteiger charge is 2.45. The number of carbonyl (C=O) groups is 2. The molecule has 2 aromatic rings. The predicted octanol–water partition coefficient (Wildman–Crippen LogP) is 3.81. The molecule has 2 aromatic carbocycles. The summed E-state index contributed by atoms with van der Waals surface area (Å²) in [6.07, 6.45) is -3.29. The fourth-order valence-corrected chi connectivity index (χ4v) is 2.73. The number of benzene rings is 2. The first-order valence-corrected chi connectivity index (χ1v) is 7.37. The number of carbonyl (C=O) groups excluding carboxylic acids is 2. The Balaban J connectivity index is 1.83. The summed E-state index contributed by atoms with van der Waals surface area (Å²) in [7, 11) is 0. The number of ether oxygens (including phenoxy) is 1. The molecule has 1 aliphatic heterocycles. The van der Waals surface area contributed by atoms with Crippen LogP contribution < -0.4 is 0 Å². The molecule has 3 atom stereocenters. The van der Waals surface area contributed by atoms with E-state index in [1.165, 1.54) is 12.1 Å². The molecule has 118 valence electrons. The molecule has 1 fully saturated rings. The van der Waals surface area contributed by atoms with Crippen LogP contribution in [-0.4, -0.2) is 22.9 Å². The van der Waals surface area contributed by atoms with Crippen molar-refractivity contribution in [3.63, 3.8) is 0 Å². The van der Waals surface area contributed by atoms with Crippen molar-refractivity contribution in [1.29, 1.82) is 0 Å². The van der Waals surface area contributed by atoms with E-state index < -0.39 is 30.3 Å². The van der Waals surface area contributed by atoms with Gasteiger partial charge in [-0.25, -0.2) is 14.1 Å². The highest BCUT2D eigenvalue weighted by Crippen LogP contribution is 2.34. The molecule has 2 amide bonds. The minimum atomic E-state index is -1.89. The van der Waals surface area contributed by atoms with Gasteiger partial charge >= 0.3 is 6.09 Å². The molecule has 1 aliphatic rings. The van der Waals surface area contributed by atoms with Crippen LogP contribution >= 0.6 is 0 Å². The van der Waals surface area contributed by atoms with E-state index in [1.54, 1.807) is 25.1 Å². The van der Waals surface area contributed by atoms with Gasteiger partial charge in [-0.1, -0.05) is 60.7 Å². The smallest absolute Gasteiger partial charge is 0.417 e. The maximum Gasteiger partial charge on any atom is 0.417 e. The van der Waals surface area contributed by atoms with Gasteiger partial charge < -0.3 is 4.74 Å². The molecular formula is C18H16FNO3. The normalized spacial score (nSPS) is 21.8. The fraction of sp³-hybridized carbons (Fsp3) is 0.222. The monoisotopic (exact) mass is 313 g/mol. The summed E-state index contributed by atoms with van der Waals surface area (Å²) < 4.78 is 19.7. The van der Waals surface area contributed by atoms with Gasteiger partial charge in [-0.15, -0.1) is 0 Å². The lowest BCUT2D eigenvalue weighted by atomic mass is 10.0. The number of halogens is 1. The van der Waals surface area contributed by atoms with E-state index in [-0.39, 0.29) is 5.56 Å². The summed E-state index contributed by atoms with van der Waals surface area (Å²) >= 11 is 0. The van der Waals surface area contributed by atoms with E-state index in [0.717, 1.165) is 10.5 Å². The van der Waals surface area contributed by atoms with Crippen molar-refractivity contribution in [3.8, 4) is 0 Å². The standard InChI is InChI=1S/C18H16FNO3/c1-12-16(14-10-6-3-7-11-14)23-18(22)20(12)17(21)15(19)13-8-4-2-5-9-13/h2-12,15-16H,1H3/t12-,15-,16-/m1/s1. The molecule has 0 bridgehead atoms. The first kappa shape index (κ1) is 15.2. The first-order chi connectivity index (χ1) is 11.1. The van der Waals surface area contributed by atoms with Gasteiger partial charge in [0.1, 0.15) is 6.10 Å². The largest absolute Gasteiger partial charge is 0.439 e. The molecule has 0 radical (unpaired) electrons. The van der Waals surface area contributed by atoms with E-state index in [2.05, 4.69) is 0 Å². The van der Waals surface area contributed by atoms with Gasteiger partial charge in [0, 0.05) is 0 Å². The molecule has 0 saturated carbocycles. The Labute approximate surface area is 133 Å². The SMILES string of the molecule is C[C@@H]1[C@H](c2ccccc2)OC(=O)N1C(=O)[C@H](F)c1ccccc1. The summed E-state index contributed by atoms with van der Waals surface area (Å²) in [6.45, 7) is 1.68. The Morgan fingerprint density at radius 1 is 1.09 bits per heavy atom. The third-order valence-corrected chi connectivity index (χ3v) is 3.94. The van der Waals surface area contributed by atoms with Crippen LogP contribution in [0, 0.1) is 0 Å². The van der Waals surface area contributed by atoms with E-state index in [4.69, 9.17) is 4.74 Å². The molecule has 4 nitrogen and oxygen atoms in total. The zero-order valence-corrected chi connectivity index (χ0v) is 12.6. The fourth-order valence-electron chi connectivity index (χ4n) is 2.73. The average molecular weight is 313 g/mol. The van der Waals surface area contributed by atoms with Gasteiger partial charge in [-0.3, -0.25) is 4.79 Å². The molecule has 0 spiro atoms. The van der Waals surface area contributed by atoms with Crippen molar-refractivity contribution in [3.05, 3.63) is 71.8 Å². The molecule has 1 saturated heterocycles. The zero-order chi connectivity index (χ0) is 16.4. The van der Waals surface area contributed by atoms with Crippen molar-refractivity contribution >= 4 is 12.0 Å². The van der Waals surface area contributed by atoms with Crippen LogP contribution in [0.3, 0.4) is 0 Å². The number of alkyl halides is 1. The second kappa shape index (κ2) is 6.20. The van der Waals surface area contributed by atoms with Crippen LogP contribution in [0.2, 0.25) is 0 Å². The van der Waals surface area contributed by atoms with Gasteiger partial charge in [0.15, 0.2) is 0 Å². The predicted molar refractivity (Wildman–Crippen MR) is 82.3 cm³/mol. The van der Waals surface area contributed by atoms with Crippen molar-refractivity contribution in [2.45, 2.75) is 25.2 Å². The topological polar surface area (TPSA) is 46.6 Å². The lowest BCUT2D eigenvalue weighted by Gasteiger charge is -2.21. The van der Waals surface area contributed by atoms with E-state index in [9.17, 15) is 14.0 Å². The van der Waals surface area contributed by atoms with Gasteiger partial charge in [0.05, 0.1) is 6.04 Å². The Kier molecular flexibility index (Phi) is 4.10. The molecule has 0 N–H and O–H groups in total. The number of rotatable bonds is 3. The number of nitrogens with zero attached hydrogens (tertiary/aromatic N) is 1. The van der Waals surface area contributed by atoms with Crippen molar-refractivity contribution in [2.75, 3.05) is 0 Å². The minimum Gasteiger partial charge on any atom is -0.439 e. The van der Waals surface area contributed by atoms with E-state index >= 15 is 0 Å². The second-order valence-corrected chi connectivity index (χ2v) is 5.44. The summed E-state index contributed by atoms with van der Waals surface area (Å²) in [4.78, 5) is 25.3. The summed E-state index contributed by atoms with van der Waals surface area (Å²) in [5.74, 6) is -0.896. The third-order valence-electron chi connectivity index (χ3n) is 3.94. The van der Waals surface area contributed by atoms with E-state index in [1.807, 2.05) is 30.3 Å². The molecule has 0 aliphatic carbocycles. The summed E-state index contributed by atoms with van der Waals surface area (Å²) in [5.41, 5.74) is 0.999. The van der Waals surface area contributed by atoms with Crippen LogP contribution in [0.15, 0.2) is 60.7 Å². The number of amides is 2. The van der Waals surface area contributed by atoms with Crippen LogP contribution in [0.1, 0.15) is 30.3 Å². The molecule has 1 heterocycles. The van der Waals surface area contributed by atoms with Gasteiger partial charge in [-0.05, 0) is 18.1 Å². The zero-order valence-electron chi connectivity index (χ0n) is 12.6. The quantitative estimate of drug-likeness (QED) is 0.865. The second-order valence-electron chi connectivity index (χ2n) is 5.44. The molecule has 23 heavy (non-hydrogen) atoms. The summed E-state index contributed by atoms with van der Waals surface area (Å²) in [5, 5.41) is 0. The maximum atomic E-state index is 14.5. The number of cyclic esters (lactones) is 1. The van der Waals surface area contributed by atoms with Gasteiger partial charge in [0.2, 0.25) is 6.17 Å². The molecule has 3 rings (SSSR count). The molecular weight excluding hydrogens is 297 g/mol. The highest BCUT2D eigenvalue weighted by atomic mass is 19.1. The van der Waals surface area contributed by atoms with Crippen LogP contribution in [0.25, 0.3) is 0 Å². The van der Waals surface area contributed by atoms with E-state index in [0.29, 0.717) is 0 Å². The molecule has 0 unspecified atom stereocenters. The van der Waals surface area contributed by atoms with Crippen LogP contribution in [0.4, 0.5) is 9.18 Å². The van der Waals surface area contributed by atoms with Crippen molar-refractivity contribution in [1.82, 2.24) is 4.90 Å². The minimum absolute atomic E-state index is 0.223. The number of hydrogen-bond donors (Lipinski definition) is 0. The Hall–Kier alpha value is -2.69. The Bertz CT molecular complexity index is 705. The Morgan fingerprint density at radius 3 is 2.26 bits per heavy atom. The highest BCUT2D eigenvalue weighted by molar-refractivity contribution is 5.96. The molecule has 5 heteroatoms.